The molecule has 1 heterocycles. The summed E-state index contributed by atoms with van der Waals surface area (Å²) < 4.78 is 0. The molecule has 0 radical (unpaired) electrons. The lowest BCUT2D eigenvalue weighted by molar-refractivity contribution is -0.142. The van der Waals surface area contributed by atoms with Crippen LogP contribution < -0.4 is 10.6 Å². The first kappa shape index (κ1) is 14.9. The molecule has 6 nitrogen and oxygen atoms in total. The van der Waals surface area contributed by atoms with E-state index in [-0.39, 0.29) is 18.9 Å². The molecule has 0 aromatic heterocycles. The van der Waals surface area contributed by atoms with E-state index >= 15 is 0 Å². The average Bonchev–Trinajstić information content (AvgIpc) is 2.37. The van der Waals surface area contributed by atoms with Crippen molar-refractivity contribution in [2.24, 2.45) is 0 Å². The van der Waals surface area contributed by atoms with E-state index in [0.29, 0.717) is 12.5 Å². The Labute approximate surface area is 107 Å². The summed E-state index contributed by atoms with van der Waals surface area (Å²) >= 11 is 0. The van der Waals surface area contributed by atoms with Crippen molar-refractivity contribution in [1.29, 1.82) is 0 Å². The fourth-order valence-electron chi connectivity index (χ4n) is 2.13. The molecule has 0 bridgehead atoms. The molecule has 1 fully saturated rings. The summed E-state index contributed by atoms with van der Waals surface area (Å²) in [5.74, 6) is -1.36. The highest BCUT2D eigenvalue weighted by atomic mass is 16.4. The minimum absolute atomic E-state index is 0.0444. The van der Waals surface area contributed by atoms with Crippen LogP contribution in [0.2, 0.25) is 0 Å². The summed E-state index contributed by atoms with van der Waals surface area (Å²) in [7, 11) is 0. The molecule has 2 atom stereocenters. The minimum Gasteiger partial charge on any atom is -0.480 e. The van der Waals surface area contributed by atoms with Crippen LogP contribution >= 0.6 is 0 Å². The molecule has 2 unspecified atom stereocenters. The van der Waals surface area contributed by atoms with E-state index in [1.807, 2.05) is 0 Å². The Morgan fingerprint density at radius 1 is 1.39 bits per heavy atom. The van der Waals surface area contributed by atoms with Crippen molar-refractivity contribution in [3.63, 3.8) is 0 Å². The number of carboxylic acids is 1. The van der Waals surface area contributed by atoms with Crippen molar-refractivity contribution < 1.29 is 19.8 Å². The van der Waals surface area contributed by atoms with Gasteiger partial charge in [-0.05, 0) is 25.8 Å². The third-order valence-electron chi connectivity index (χ3n) is 3.18. The highest BCUT2D eigenvalue weighted by molar-refractivity contribution is 5.83. The van der Waals surface area contributed by atoms with Crippen LogP contribution in [0.4, 0.5) is 0 Å². The van der Waals surface area contributed by atoms with Crippen LogP contribution in [0.3, 0.4) is 0 Å². The number of piperidine rings is 1. The average molecular weight is 258 g/mol. The van der Waals surface area contributed by atoms with Crippen LogP contribution in [-0.4, -0.2) is 47.3 Å². The summed E-state index contributed by atoms with van der Waals surface area (Å²) in [6, 6.07) is -0.618. The number of nitrogens with one attached hydrogen (secondary N) is 2. The van der Waals surface area contributed by atoms with E-state index in [2.05, 4.69) is 10.6 Å². The standard InChI is InChI=1S/C12H22N2O4/c15-8-6-10(12(17)18)14-11(16)5-4-9-3-1-2-7-13-9/h9-10,13,15H,1-8H2,(H,14,16)(H,17,18). The molecular weight excluding hydrogens is 236 g/mol. The van der Waals surface area contributed by atoms with Gasteiger partial charge < -0.3 is 20.8 Å². The first-order valence-corrected chi connectivity index (χ1v) is 6.50. The second-order valence-corrected chi connectivity index (χ2v) is 4.66. The first-order valence-electron chi connectivity index (χ1n) is 6.50. The van der Waals surface area contributed by atoms with E-state index in [0.717, 1.165) is 19.4 Å². The van der Waals surface area contributed by atoms with Crippen molar-refractivity contribution in [1.82, 2.24) is 10.6 Å². The van der Waals surface area contributed by atoms with Crippen molar-refractivity contribution >= 4 is 11.9 Å². The molecule has 1 aliphatic heterocycles. The van der Waals surface area contributed by atoms with Gasteiger partial charge in [0.2, 0.25) is 5.91 Å². The molecule has 0 spiro atoms. The van der Waals surface area contributed by atoms with Crippen molar-refractivity contribution in [2.45, 2.75) is 50.6 Å². The van der Waals surface area contributed by atoms with E-state index in [1.54, 1.807) is 0 Å². The Kier molecular flexibility index (Phi) is 6.67. The van der Waals surface area contributed by atoms with Crippen molar-refractivity contribution in [3.8, 4) is 0 Å². The lowest BCUT2D eigenvalue weighted by Crippen LogP contribution is -2.42. The van der Waals surface area contributed by atoms with Crippen LogP contribution in [0.5, 0.6) is 0 Å². The number of carbonyl (C=O) groups is 2. The van der Waals surface area contributed by atoms with E-state index in [9.17, 15) is 9.59 Å². The number of amides is 1. The summed E-state index contributed by atoms with van der Waals surface area (Å²) in [5.41, 5.74) is 0. The highest BCUT2D eigenvalue weighted by Gasteiger charge is 2.20. The summed E-state index contributed by atoms with van der Waals surface area (Å²) in [5, 5.41) is 23.3. The molecule has 0 aromatic carbocycles. The molecular formula is C12H22N2O4. The van der Waals surface area contributed by atoms with Crippen LogP contribution in [0.15, 0.2) is 0 Å². The smallest absolute Gasteiger partial charge is 0.326 e. The fourth-order valence-corrected chi connectivity index (χ4v) is 2.13. The number of aliphatic hydroxyl groups excluding tert-OH is 1. The largest absolute Gasteiger partial charge is 0.480 e. The molecule has 1 aliphatic rings. The maximum absolute atomic E-state index is 11.6. The second-order valence-electron chi connectivity index (χ2n) is 4.66. The number of rotatable bonds is 7. The van der Waals surface area contributed by atoms with Gasteiger partial charge in [0.1, 0.15) is 6.04 Å². The molecule has 18 heavy (non-hydrogen) atoms. The summed E-state index contributed by atoms with van der Waals surface area (Å²) in [4.78, 5) is 22.4. The van der Waals surface area contributed by atoms with Crippen molar-refractivity contribution in [3.05, 3.63) is 0 Å². The molecule has 0 aliphatic carbocycles. The molecule has 1 saturated heterocycles. The number of carboxylic acid groups (broad SMARTS) is 1. The van der Waals surface area contributed by atoms with E-state index in [1.165, 1.54) is 12.8 Å². The Bertz CT molecular complexity index is 277. The Morgan fingerprint density at radius 2 is 2.17 bits per heavy atom. The van der Waals surface area contributed by atoms with Crippen LogP contribution in [0.25, 0.3) is 0 Å². The number of hydrogen-bond donors (Lipinski definition) is 4. The second kappa shape index (κ2) is 8.05. The van der Waals surface area contributed by atoms with Gasteiger partial charge in [-0.25, -0.2) is 4.79 Å². The minimum atomic E-state index is -1.10. The number of aliphatic carboxylic acids is 1. The predicted octanol–water partition coefficient (Wildman–Crippen LogP) is -0.139. The zero-order valence-electron chi connectivity index (χ0n) is 10.5. The number of carbonyl (C=O) groups excluding carboxylic acids is 1. The molecule has 0 saturated carbocycles. The normalized spacial score (nSPS) is 21.3. The Morgan fingerprint density at radius 3 is 2.72 bits per heavy atom. The fraction of sp³-hybridized carbons (Fsp3) is 0.833. The van der Waals surface area contributed by atoms with Crippen LogP contribution in [-0.2, 0) is 9.59 Å². The monoisotopic (exact) mass is 258 g/mol. The van der Waals surface area contributed by atoms with Gasteiger partial charge in [0.15, 0.2) is 0 Å². The van der Waals surface area contributed by atoms with Gasteiger partial charge >= 0.3 is 5.97 Å². The number of aliphatic hydroxyl groups is 1. The summed E-state index contributed by atoms with van der Waals surface area (Å²) in [6.07, 6.45) is 4.54. The zero-order chi connectivity index (χ0) is 13.4. The molecule has 0 aromatic rings. The first-order chi connectivity index (χ1) is 8.63. The van der Waals surface area contributed by atoms with Gasteiger partial charge in [0, 0.05) is 25.5 Å². The van der Waals surface area contributed by atoms with Crippen molar-refractivity contribution in [2.75, 3.05) is 13.2 Å². The SMILES string of the molecule is O=C(CCC1CCCCN1)NC(CCO)C(=O)O. The maximum atomic E-state index is 11.6. The van der Waals surface area contributed by atoms with Gasteiger partial charge in [-0.1, -0.05) is 6.42 Å². The molecule has 104 valence electrons. The quantitative estimate of drug-likeness (QED) is 0.509. The zero-order valence-corrected chi connectivity index (χ0v) is 10.5. The highest BCUT2D eigenvalue weighted by Crippen LogP contribution is 2.11. The molecule has 1 amide bonds. The van der Waals surface area contributed by atoms with Crippen LogP contribution in [0.1, 0.15) is 38.5 Å². The van der Waals surface area contributed by atoms with Gasteiger partial charge in [-0.2, -0.15) is 0 Å². The predicted molar refractivity (Wildman–Crippen MR) is 66.1 cm³/mol. The van der Waals surface area contributed by atoms with Gasteiger partial charge in [-0.3, -0.25) is 4.79 Å². The number of hydrogen-bond acceptors (Lipinski definition) is 4. The third-order valence-corrected chi connectivity index (χ3v) is 3.18. The third kappa shape index (κ3) is 5.46. The lowest BCUT2D eigenvalue weighted by atomic mass is 10.0. The maximum Gasteiger partial charge on any atom is 0.326 e. The lowest BCUT2D eigenvalue weighted by Gasteiger charge is -2.23. The van der Waals surface area contributed by atoms with E-state index < -0.39 is 12.0 Å². The van der Waals surface area contributed by atoms with Gasteiger partial charge in [0.05, 0.1) is 0 Å². The van der Waals surface area contributed by atoms with Gasteiger partial charge in [-0.15, -0.1) is 0 Å². The molecule has 1 rings (SSSR count). The Hall–Kier alpha value is -1.14. The van der Waals surface area contributed by atoms with E-state index in [4.69, 9.17) is 10.2 Å². The topological polar surface area (TPSA) is 98.7 Å². The van der Waals surface area contributed by atoms with Crippen LogP contribution in [0, 0.1) is 0 Å². The van der Waals surface area contributed by atoms with Gasteiger partial charge in [0.25, 0.3) is 0 Å². The molecule has 6 heteroatoms. The molecule has 4 N–H and O–H groups in total. The Balaban J connectivity index is 2.24. The summed E-state index contributed by atoms with van der Waals surface area (Å²) in [6.45, 7) is 0.746.